The fraction of sp³-hybridized carbons (Fsp3) is 0.529. The zero-order valence-corrected chi connectivity index (χ0v) is 16.9. The van der Waals surface area contributed by atoms with Crippen LogP contribution in [0.2, 0.25) is 10.3 Å². The van der Waals surface area contributed by atoms with Crippen molar-refractivity contribution in [2.75, 3.05) is 31.5 Å². The molecule has 0 unspecified atom stereocenters. The number of carbonyl (C=O) groups excluding carboxylic acids is 3. The van der Waals surface area contributed by atoms with Gasteiger partial charge in [0.2, 0.25) is 11.8 Å². The molecule has 0 aromatic carbocycles. The largest absolute Gasteiger partial charge is 0.444 e. The van der Waals surface area contributed by atoms with Crippen molar-refractivity contribution in [3.8, 4) is 0 Å². The highest BCUT2D eigenvalue weighted by atomic mass is 35.5. The van der Waals surface area contributed by atoms with Crippen molar-refractivity contribution in [2.45, 2.75) is 32.8 Å². The molecule has 1 aliphatic heterocycles. The normalized spacial score (nSPS) is 14.7. The average molecular weight is 417 g/mol. The molecule has 0 bridgehead atoms. The first-order valence-corrected chi connectivity index (χ1v) is 9.18. The van der Waals surface area contributed by atoms with E-state index in [1.165, 1.54) is 12.1 Å². The lowest BCUT2D eigenvalue weighted by molar-refractivity contribution is -0.136. The lowest BCUT2D eigenvalue weighted by Crippen LogP contribution is -2.52. The fourth-order valence-corrected chi connectivity index (χ4v) is 2.81. The topological polar surface area (TPSA) is 91.8 Å². The van der Waals surface area contributed by atoms with Crippen molar-refractivity contribution in [3.63, 3.8) is 0 Å². The van der Waals surface area contributed by atoms with Gasteiger partial charge in [0.25, 0.3) is 0 Å². The maximum Gasteiger partial charge on any atom is 0.410 e. The highest BCUT2D eigenvalue weighted by molar-refractivity contribution is 6.34. The molecule has 1 aliphatic rings. The van der Waals surface area contributed by atoms with Crippen LogP contribution in [-0.2, 0) is 14.3 Å². The summed E-state index contributed by atoms with van der Waals surface area (Å²) in [6.07, 6.45) is -0.733. The maximum atomic E-state index is 12.3. The van der Waals surface area contributed by atoms with Crippen molar-refractivity contribution >= 4 is 46.8 Å². The molecule has 27 heavy (non-hydrogen) atoms. The van der Waals surface area contributed by atoms with Crippen molar-refractivity contribution in [3.05, 3.63) is 22.4 Å². The summed E-state index contributed by atoms with van der Waals surface area (Å²) >= 11 is 11.6. The van der Waals surface area contributed by atoms with Crippen LogP contribution < -0.4 is 5.32 Å². The van der Waals surface area contributed by atoms with Gasteiger partial charge in [0.15, 0.2) is 5.15 Å². The van der Waals surface area contributed by atoms with Gasteiger partial charge in [-0.05, 0) is 32.9 Å². The Bertz CT molecular complexity index is 728. The Morgan fingerprint density at radius 1 is 1.11 bits per heavy atom. The Balaban J connectivity index is 1.82. The number of halogens is 2. The molecule has 8 nitrogen and oxygen atoms in total. The molecule has 1 fully saturated rings. The van der Waals surface area contributed by atoms with Gasteiger partial charge in [-0.3, -0.25) is 9.59 Å². The van der Waals surface area contributed by atoms with E-state index in [1.54, 1.807) is 30.6 Å². The quantitative estimate of drug-likeness (QED) is 0.603. The molecule has 0 aliphatic carbocycles. The van der Waals surface area contributed by atoms with Gasteiger partial charge in [0, 0.05) is 26.2 Å². The van der Waals surface area contributed by atoms with Crippen LogP contribution in [0.1, 0.15) is 27.2 Å². The molecular weight excluding hydrogens is 395 g/mol. The molecule has 0 radical (unpaired) electrons. The molecule has 2 rings (SSSR count). The third-order valence-electron chi connectivity index (χ3n) is 3.68. The summed E-state index contributed by atoms with van der Waals surface area (Å²) in [6.45, 7) is 6.79. The molecule has 2 heterocycles. The predicted molar refractivity (Wildman–Crippen MR) is 102 cm³/mol. The number of nitrogens with one attached hydrogen (secondary N) is 1. The number of hydrogen-bond donors (Lipinski definition) is 1. The number of rotatable bonds is 3. The van der Waals surface area contributed by atoms with Crippen LogP contribution in [0.5, 0.6) is 0 Å². The zero-order valence-electron chi connectivity index (χ0n) is 15.4. The fourth-order valence-electron chi connectivity index (χ4n) is 2.41. The molecular formula is C17H22Cl2N4O4. The molecule has 0 spiro atoms. The summed E-state index contributed by atoms with van der Waals surface area (Å²) < 4.78 is 5.32. The monoisotopic (exact) mass is 416 g/mol. The van der Waals surface area contributed by atoms with Gasteiger partial charge in [-0.1, -0.05) is 23.2 Å². The smallest absolute Gasteiger partial charge is 0.410 e. The van der Waals surface area contributed by atoms with Gasteiger partial charge in [0.05, 0.1) is 5.69 Å². The van der Waals surface area contributed by atoms with Gasteiger partial charge in [0.1, 0.15) is 17.2 Å². The highest BCUT2D eigenvalue weighted by Gasteiger charge is 2.28. The summed E-state index contributed by atoms with van der Waals surface area (Å²) in [6, 6.07) is 3.00. The van der Waals surface area contributed by atoms with Crippen molar-refractivity contribution in [1.82, 2.24) is 14.8 Å². The van der Waals surface area contributed by atoms with Gasteiger partial charge in [-0.25, -0.2) is 9.78 Å². The second-order valence-corrected chi connectivity index (χ2v) is 7.79. The number of aromatic nitrogens is 1. The van der Waals surface area contributed by atoms with E-state index in [1.807, 2.05) is 0 Å². The summed E-state index contributed by atoms with van der Waals surface area (Å²) in [7, 11) is 0. The number of amides is 3. The lowest BCUT2D eigenvalue weighted by atomic mass is 10.2. The number of anilines is 1. The Kier molecular flexibility index (Phi) is 6.89. The van der Waals surface area contributed by atoms with Gasteiger partial charge < -0.3 is 19.9 Å². The number of ether oxygens (including phenoxy) is 1. The Labute approximate surface area is 167 Å². The summed E-state index contributed by atoms with van der Waals surface area (Å²) in [5.41, 5.74) is -0.284. The Hall–Kier alpha value is -2.06. The Morgan fingerprint density at radius 2 is 1.70 bits per heavy atom. The van der Waals surface area contributed by atoms with E-state index in [0.717, 1.165) is 0 Å². The van der Waals surface area contributed by atoms with E-state index in [4.69, 9.17) is 27.9 Å². The first kappa shape index (κ1) is 21.2. The van der Waals surface area contributed by atoms with E-state index in [0.29, 0.717) is 26.2 Å². The molecule has 3 amide bonds. The molecule has 0 atom stereocenters. The second kappa shape index (κ2) is 8.75. The number of hydrogen-bond acceptors (Lipinski definition) is 5. The van der Waals surface area contributed by atoms with E-state index >= 15 is 0 Å². The third-order valence-corrected chi connectivity index (χ3v) is 4.18. The van der Waals surface area contributed by atoms with Crippen LogP contribution in [0.3, 0.4) is 0 Å². The average Bonchev–Trinajstić information content (AvgIpc) is 2.56. The van der Waals surface area contributed by atoms with Crippen LogP contribution in [0.4, 0.5) is 10.5 Å². The van der Waals surface area contributed by atoms with E-state index in [2.05, 4.69) is 10.3 Å². The molecule has 1 aromatic heterocycles. The van der Waals surface area contributed by atoms with Crippen molar-refractivity contribution in [1.29, 1.82) is 0 Å². The third kappa shape index (κ3) is 6.55. The molecule has 148 valence electrons. The van der Waals surface area contributed by atoms with E-state index in [9.17, 15) is 14.4 Å². The first-order valence-electron chi connectivity index (χ1n) is 8.43. The van der Waals surface area contributed by atoms with Crippen molar-refractivity contribution in [2.24, 2.45) is 0 Å². The zero-order chi connectivity index (χ0) is 20.2. The number of carbonyl (C=O) groups is 3. The van der Waals surface area contributed by atoms with Crippen LogP contribution in [0, 0.1) is 0 Å². The van der Waals surface area contributed by atoms with Crippen molar-refractivity contribution < 1.29 is 19.1 Å². The minimum Gasteiger partial charge on any atom is -0.444 e. The van der Waals surface area contributed by atoms with Gasteiger partial charge in [-0.15, -0.1) is 0 Å². The highest BCUT2D eigenvalue weighted by Crippen LogP contribution is 2.21. The lowest BCUT2D eigenvalue weighted by Gasteiger charge is -2.35. The van der Waals surface area contributed by atoms with Crippen LogP contribution in [0.15, 0.2) is 12.1 Å². The minimum atomic E-state index is -0.570. The standard InChI is InChI=1S/C17H22Cl2N4O4/c1-17(2,3)27-16(26)23-8-6-22(7-9-23)14(25)10-13(24)20-11-4-5-12(18)21-15(11)19/h4-5H,6-10H2,1-3H3,(H,20,24). The minimum absolute atomic E-state index is 0.0503. The second-order valence-electron chi connectivity index (χ2n) is 7.05. The van der Waals surface area contributed by atoms with Crippen LogP contribution in [0.25, 0.3) is 0 Å². The summed E-state index contributed by atoms with van der Waals surface area (Å²) in [5.74, 6) is -0.824. The van der Waals surface area contributed by atoms with Gasteiger partial charge in [-0.2, -0.15) is 0 Å². The summed E-state index contributed by atoms with van der Waals surface area (Å²) in [5, 5.41) is 2.79. The number of pyridine rings is 1. The molecule has 0 saturated carbocycles. The molecule has 10 heteroatoms. The van der Waals surface area contributed by atoms with E-state index < -0.39 is 17.6 Å². The van der Waals surface area contributed by atoms with Crippen LogP contribution in [-0.4, -0.2) is 64.5 Å². The Morgan fingerprint density at radius 3 is 2.26 bits per heavy atom. The molecule has 1 saturated heterocycles. The number of piperazine rings is 1. The molecule has 1 N–H and O–H groups in total. The van der Waals surface area contributed by atoms with Gasteiger partial charge >= 0.3 is 6.09 Å². The van der Waals surface area contributed by atoms with Crippen LogP contribution >= 0.6 is 23.2 Å². The first-order chi connectivity index (χ1) is 12.5. The SMILES string of the molecule is CC(C)(C)OC(=O)N1CCN(C(=O)CC(=O)Nc2ccc(Cl)nc2Cl)CC1. The molecule has 1 aromatic rings. The predicted octanol–water partition coefficient (Wildman–Crippen LogP) is 2.80. The maximum absolute atomic E-state index is 12.3. The summed E-state index contributed by atoms with van der Waals surface area (Å²) in [4.78, 5) is 43.3. The number of nitrogens with zero attached hydrogens (tertiary/aromatic N) is 3. The van der Waals surface area contributed by atoms with E-state index in [-0.39, 0.29) is 28.3 Å².